The van der Waals surface area contributed by atoms with Crippen molar-refractivity contribution in [3.8, 4) is 6.07 Å². The van der Waals surface area contributed by atoms with Gasteiger partial charge in [0.25, 0.3) is 0 Å². The van der Waals surface area contributed by atoms with Crippen molar-refractivity contribution in [2.24, 2.45) is 0 Å². The third kappa shape index (κ3) is 3.01. The van der Waals surface area contributed by atoms with Crippen molar-refractivity contribution >= 4 is 22.5 Å². The Kier molecular flexibility index (Phi) is 4.07. The lowest BCUT2D eigenvalue weighted by Crippen LogP contribution is -2.50. The van der Waals surface area contributed by atoms with Crippen LogP contribution >= 0.6 is 11.6 Å². The van der Waals surface area contributed by atoms with Gasteiger partial charge >= 0.3 is 0 Å². The number of nitriles is 1. The number of fused-ring (bicyclic) bond motifs is 1. The van der Waals surface area contributed by atoms with E-state index in [4.69, 9.17) is 11.6 Å². The molecule has 1 unspecified atom stereocenters. The molecule has 0 amide bonds. The summed E-state index contributed by atoms with van der Waals surface area (Å²) in [6.45, 7) is 5.15. The number of rotatable bonds is 2. The normalized spacial score (nSPS) is 19.6. The molecule has 1 fully saturated rings. The molecule has 1 N–H and O–H groups in total. The van der Waals surface area contributed by atoms with Gasteiger partial charge in [-0.25, -0.2) is 4.98 Å². The number of piperazine rings is 1. The molecule has 108 valence electrons. The van der Waals surface area contributed by atoms with Crippen LogP contribution in [0.15, 0.2) is 24.3 Å². The maximum absolute atomic E-state index is 9.23. The van der Waals surface area contributed by atoms with Gasteiger partial charge in [0.05, 0.1) is 11.6 Å². The van der Waals surface area contributed by atoms with E-state index in [1.54, 1.807) is 0 Å². The van der Waals surface area contributed by atoms with Crippen LogP contribution in [0.3, 0.4) is 0 Å². The van der Waals surface area contributed by atoms with Gasteiger partial charge < -0.3 is 5.32 Å². The minimum Gasteiger partial charge on any atom is -0.313 e. The molecule has 0 aliphatic carbocycles. The zero-order chi connectivity index (χ0) is 14.8. The topological polar surface area (TPSA) is 52.0 Å². The summed E-state index contributed by atoms with van der Waals surface area (Å²) in [5.74, 6) is 0. The lowest BCUT2D eigenvalue weighted by atomic mass is 10.1. The maximum atomic E-state index is 9.23. The molecular formula is C16H17ClN4. The Bertz CT molecular complexity index is 707. The number of hydrogen-bond donors (Lipinski definition) is 1. The van der Waals surface area contributed by atoms with Gasteiger partial charge in [0.2, 0.25) is 0 Å². The second-order valence-corrected chi connectivity index (χ2v) is 5.81. The molecule has 21 heavy (non-hydrogen) atoms. The minimum atomic E-state index is -0.108. The molecular weight excluding hydrogens is 284 g/mol. The van der Waals surface area contributed by atoms with Crippen molar-refractivity contribution in [3.05, 3.63) is 40.5 Å². The monoisotopic (exact) mass is 300 g/mol. The Hall–Kier alpha value is -1.67. The summed E-state index contributed by atoms with van der Waals surface area (Å²) in [6, 6.07) is 10.5. The predicted molar refractivity (Wildman–Crippen MR) is 84.2 cm³/mol. The Morgan fingerprint density at radius 2 is 2.33 bits per heavy atom. The fourth-order valence-electron chi connectivity index (χ4n) is 2.69. The highest BCUT2D eigenvalue weighted by Gasteiger charge is 2.22. The third-order valence-electron chi connectivity index (χ3n) is 3.88. The molecule has 0 saturated carbocycles. The molecule has 5 heteroatoms. The quantitative estimate of drug-likeness (QED) is 0.866. The van der Waals surface area contributed by atoms with Crippen molar-refractivity contribution < 1.29 is 0 Å². The molecule has 1 atom stereocenters. The Morgan fingerprint density at radius 1 is 1.48 bits per heavy atom. The predicted octanol–water partition coefficient (Wildman–Crippen LogP) is 2.49. The van der Waals surface area contributed by atoms with E-state index >= 15 is 0 Å². The lowest BCUT2D eigenvalue weighted by molar-refractivity contribution is 0.189. The van der Waals surface area contributed by atoms with Gasteiger partial charge in [-0.2, -0.15) is 5.26 Å². The smallest absolute Gasteiger partial charge is 0.134 e. The Labute approximate surface area is 129 Å². The molecule has 0 radical (unpaired) electrons. The number of benzene rings is 1. The van der Waals surface area contributed by atoms with Gasteiger partial charge in [0.15, 0.2) is 0 Å². The van der Waals surface area contributed by atoms with Crippen LogP contribution in [0.25, 0.3) is 10.9 Å². The summed E-state index contributed by atoms with van der Waals surface area (Å²) in [4.78, 5) is 6.65. The number of nitrogens with one attached hydrogen (secondary N) is 1. The van der Waals surface area contributed by atoms with Crippen LogP contribution in [0, 0.1) is 18.3 Å². The van der Waals surface area contributed by atoms with Gasteiger partial charge in [-0.05, 0) is 24.6 Å². The fraction of sp³-hybridized carbons (Fsp3) is 0.375. The van der Waals surface area contributed by atoms with Crippen LogP contribution in [0.1, 0.15) is 11.1 Å². The summed E-state index contributed by atoms with van der Waals surface area (Å²) in [7, 11) is 0. The molecule has 1 aliphatic heterocycles. The first-order chi connectivity index (χ1) is 10.2. The first-order valence-electron chi connectivity index (χ1n) is 7.07. The molecule has 2 aromatic rings. The second-order valence-electron chi connectivity index (χ2n) is 5.45. The Morgan fingerprint density at radius 3 is 3.14 bits per heavy atom. The van der Waals surface area contributed by atoms with E-state index < -0.39 is 0 Å². The zero-order valence-electron chi connectivity index (χ0n) is 11.9. The van der Waals surface area contributed by atoms with Crippen molar-refractivity contribution in [1.82, 2.24) is 15.2 Å². The summed E-state index contributed by atoms with van der Waals surface area (Å²) in [5, 5.41) is 14.1. The van der Waals surface area contributed by atoms with E-state index in [0.717, 1.165) is 29.6 Å². The molecule has 0 bridgehead atoms. The van der Waals surface area contributed by atoms with Gasteiger partial charge in [0, 0.05) is 37.1 Å². The first-order valence-corrected chi connectivity index (χ1v) is 7.45. The third-order valence-corrected chi connectivity index (χ3v) is 4.20. The van der Waals surface area contributed by atoms with E-state index in [9.17, 15) is 5.26 Å². The molecule has 1 aromatic heterocycles. The van der Waals surface area contributed by atoms with Crippen LogP contribution in [-0.4, -0.2) is 35.6 Å². The molecule has 3 rings (SSSR count). The van der Waals surface area contributed by atoms with E-state index in [2.05, 4.69) is 39.5 Å². The number of nitrogens with zero attached hydrogens (tertiary/aromatic N) is 3. The molecule has 2 heterocycles. The van der Waals surface area contributed by atoms with E-state index in [0.29, 0.717) is 18.2 Å². The van der Waals surface area contributed by atoms with E-state index in [1.807, 2.05) is 13.0 Å². The fourth-order valence-corrected chi connectivity index (χ4v) is 2.90. The van der Waals surface area contributed by atoms with Crippen LogP contribution in [-0.2, 0) is 6.54 Å². The summed E-state index contributed by atoms with van der Waals surface area (Å²) in [6.07, 6.45) is 0. The number of halogens is 1. The Balaban J connectivity index is 1.91. The maximum Gasteiger partial charge on any atom is 0.134 e. The second kappa shape index (κ2) is 5.98. The standard InChI is InChI=1S/C16H17ClN4/c1-11-2-3-12-7-13(16(17)20-15(12)6-11)10-21-5-4-19-9-14(21)8-18/h2-3,6-7,14,19H,4-5,9-10H2,1H3. The van der Waals surface area contributed by atoms with Crippen LogP contribution in [0.2, 0.25) is 5.15 Å². The minimum absolute atomic E-state index is 0.108. The van der Waals surface area contributed by atoms with Crippen LogP contribution in [0.5, 0.6) is 0 Å². The molecule has 4 nitrogen and oxygen atoms in total. The van der Waals surface area contributed by atoms with Gasteiger partial charge in [-0.15, -0.1) is 0 Å². The average molecular weight is 301 g/mol. The highest BCUT2D eigenvalue weighted by atomic mass is 35.5. The SMILES string of the molecule is Cc1ccc2cc(CN3CCNCC3C#N)c(Cl)nc2c1. The number of aryl methyl sites for hydroxylation is 1. The number of hydrogen-bond acceptors (Lipinski definition) is 4. The number of aromatic nitrogens is 1. The first kappa shape index (κ1) is 14.3. The van der Waals surface area contributed by atoms with E-state index in [1.165, 1.54) is 5.56 Å². The highest BCUT2D eigenvalue weighted by molar-refractivity contribution is 6.30. The summed E-state index contributed by atoms with van der Waals surface area (Å²) >= 11 is 6.33. The van der Waals surface area contributed by atoms with Crippen molar-refractivity contribution in [2.45, 2.75) is 19.5 Å². The van der Waals surface area contributed by atoms with Gasteiger partial charge in [-0.1, -0.05) is 23.7 Å². The van der Waals surface area contributed by atoms with Gasteiger partial charge in [-0.3, -0.25) is 4.90 Å². The average Bonchev–Trinajstić information content (AvgIpc) is 2.49. The lowest BCUT2D eigenvalue weighted by Gasteiger charge is -2.32. The number of pyridine rings is 1. The van der Waals surface area contributed by atoms with Crippen molar-refractivity contribution in [3.63, 3.8) is 0 Å². The molecule has 1 saturated heterocycles. The largest absolute Gasteiger partial charge is 0.313 e. The van der Waals surface area contributed by atoms with Crippen LogP contribution < -0.4 is 5.32 Å². The summed E-state index contributed by atoms with van der Waals surface area (Å²) in [5.41, 5.74) is 3.07. The molecule has 1 aromatic carbocycles. The molecule has 1 aliphatic rings. The van der Waals surface area contributed by atoms with Crippen molar-refractivity contribution in [1.29, 1.82) is 5.26 Å². The van der Waals surface area contributed by atoms with Crippen molar-refractivity contribution in [2.75, 3.05) is 19.6 Å². The van der Waals surface area contributed by atoms with Crippen LogP contribution in [0.4, 0.5) is 0 Å². The van der Waals surface area contributed by atoms with E-state index in [-0.39, 0.29) is 6.04 Å². The highest BCUT2D eigenvalue weighted by Crippen LogP contribution is 2.23. The molecule has 0 spiro atoms. The summed E-state index contributed by atoms with van der Waals surface area (Å²) < 4.78 is 0. The zero-order valence-corrected chi connectivity index (χ0v) is 12.7. The van der Waals surface area contributed by atoms with Gasteiger partial charge in [0.1, 0.15) is 11.2 Å².